The van der Waals surface area contributed by atoms with Crippen LogP contribution in [0, 0.1) is 0 Å². The van der Waals surface area contributed by atoms with E-state index >= 15 is 0 Å². The van der Waals surface area contributed by atoms with Crippen molar-refractivity contribution < 1.29 is 24.1 Å². The lowest BCUT2D eigenvalue weighted by molar-refractivity contribution is 0.395. The van der Waals surface area contributed by atoms with Crippen LogP contribution in [0.15, 0.2) is 46.9 Å². The summed E-state index contributed by atoms with van der Waals surface area (Å²) in [4.78, 5) is 4.42. The molecule has 0 bridgehead atoms. The number of aryl methyl sites for hydroxylation is 1. The molecule has 0 amide bonds. The molecule has 0 aliphatic carbocycles. The van der Waals surface area contributed by atoms with Crippen LogP contribution in [0.4, 0.5) is 0 Å². The maximum Gasteiger partial charge on any atom is 0.257 e. The van der Waals surface area contributed by atoms with Gasteiger partial charge >= 0.3 is 0 Å². The monoisotopic (exact) mass is 495 g/mol. The van der Waals surface area contributed by atoms with Crippen molar-refractivity contribution in [3.63, 3.8) is 0 Å². The number of halogens is 1. The van der Waals surface area contributed by atoms with E-state index in [4.69, 9.17) is 25.5 Å². The maximum absolute atomic E-state index is 11.5. The molecule has 0 aliphatic rings. The van der Waals surface area contributed by atoms with Gasteiger partial charge in [-0.2, -0.15) is 0 Å². The number of ether oxygens (including phenoxy) is 2. The molecule has 0 aliphatic heterocycles. The molecule has 0 spiro atoms. The van der Waals surface area contributed by atoms with Crippen molar-refractivity contribution in [2.75, 3.05) is 14.2 Å². The summed E-state index contributed by atoms with van der Waals surface area (Å²) in [5, 5.41) is 31.1. The quantitative estimate of drug-likeness (QED) is 0.299. The number of pyridine rings is 1. The van der Waals surface area contributed by atoms with Gasteiger partial charge in [0.25, 0.3) is 5.89 Å². The van der Waals surface area contributed by atoms with Crippen LogP contribution in [0.5, 0.6) is 23.1 Å². The first-order valence-corrected chi connectivity index (χ1v) is 11.6. The van der Waals surface area contributed by atoms with Crippen LogP contribution >= 0.6 is 11.6 Å². The molecule has 2 aromatic heterocycles. The molecule has 0 radical (unpaired) electrons. The highest BCUT2D eigenvalue weighted by atomic mass is 35.5. The molecule has 2 aromatic carbocycles. The molecule has 182 valence electrons. The molecule has 0 saturated heterocycles. The second kappa shape index (κ2) is 10.7. The SMILES string of the molecule is CCCCc1nc(O)c(-c2nnc(Cc3ccc(Cl)cc3)o2)c(O)c1-c1c(OC)cccc1OC. The van der Waals surface area contributed by atoms with E-state index in [0.29, 0.717) is 52.1 Å². The minimum atomic E-state index is -0.395. The fraction of sp³-hybridized carbons (Fsp3) is 0.269. The molecule has 2 N–H and O–H groups in total. The molecule has 9 heteroatoms. The Kier molecular flexibility index (Phi) is 7.41. The van der Waals surface area contributed by atoms with E-state index in [0.717, 1.165) is 18.4 Å². The summed E-state index contributed by atoms with van der Waals surface area (Å²) in [5.74, 6) is 0.608. The Morgan fingerprint density at radius 3 is 2.23 bits per heavy atom. The molecule has 2 heterocycles. The predicted molar refractivity (Wildman–Crippen MR) is 132 cm³/mol. The molecule has 8 nitrogen and oxygen atoms in total. The number of nitrogens with zero attached hydrogens (tertiary/aromatic N) is 3. The fourth-order valence-corrected chi connectivity index (χ4v) is 4.02. The van der Waals surface area contributed by atoms with Gasteiger partial charge in [0, 0.05) is 5.02 Å². The van der Waals surface area contributed by atoms with Crippen LogP contribution in [0.1, 0.15) is 36.9 Å². The first kappa shape index (κ1) is 24.3. The number of unbranched alkanes of at least 4 members (excludes halogenated alkanes) is 1. The standard InChI is InChI=1S/C26H26ClN3O5/c1-4-5-7-17-21(22-18(33-2)8-6-9-19(22)34-3)24(31)23(25(32)28-17)26-30-29-20(35-26)14-15-10-12-16(27)13-11-15/h6,8-13H,4-5,7,14H2,1-3H3,(H2,28,31,32). The summed E-state index contributed by atoms with van der Waals surface area (Å²) < 4.78 is 17.0. The first-order chi connectivity index (χ1) is 17.0. The predicted octanol–water partition coefficient (Wildman–Crippen LogP) is 5.81. The van der Waals surface area contributed by atoms with Crippen molar-refractivity contribution in [3.8, 4) is 45.7 Å². The third-order valence-corrected chi connectivity index (χ3v) is 5.87. The second-order valence-corrected chi connectivity index (χ2v) is 8.36. The first-order valence-electron chi connectivity index (χ1n) is 11.2. The fourth-order valence-electron chi connectivity index (χ4n) is 3.89. The number of aromatic hydroxyl groups is 2. The van der Waals surface area contributed by atoms with Gasteiger partial charge in [0.2, 0.25) is 11.8 Å². The van der Waals surface area contributed by atoms with E-state index in [1.165, 1.54) is 14.2 Å². The van der Waals surface area contributed by atoms with Gasteiger partial charge in [-0.15, -0.1) is 10.2 Å². The zero-order chi connectivity index (χ0) is 24.9. The average molecular weight is 496 g/mol. The molecule has 4 aromatic rings. The average Bonchev–Trinajstić information content (AvgIpc) is 3.31. The summed E-state index contributed by atoms with van der Waals surface area (Å²) >= 11 is 5.95. The largest absolute Gasteiger partial charge is 0.506 e. The van der Waals surface area contributed by atoms with E-state index in [9.17, 15) is 10.2 Å². The van der Waals surface area contributed by atoms with E-state index in [1.54, 1.807) is 30.3 Å². The summed E-state index contributed by atoms with van der Waals surface area (Å²) in [7, 11) is 3.08. The molecule has 0 atom stereocenters. The van der Waals surface area contributed by atoms with Crippen molar-refractivity contribution in [3.05, 3.63) is 64.6 Å². The highest BCUT2D eigenvalue weighted by molar-refractivity contribution is 6.30. The third-order valence-electron chi connectivity index (χ3n) is 5.62. The van der Waals surface area contributed by atoms with Crippen molar-refractivity contribution in [2.45, 2.75) is 32.6 Å². The van der Waals surface area contributed by atoms with Gasteiger partial charge < -0.3 is 24.1 Å². The van der Waals surface area contributed by atoms with Crippen molar-refractivity contribution >= 4 is 11.6 Å². The zero-order valence-electron chi connectivity index (χ0n) is 19.7. The van der Waals surface area contributed by atoms with Crippen LogP contribution in [0.25, 0.3) is 22.6 Å². The Morgan fingerprint density at radius 2 is 1.60 bits per heavy atom. The van der Waals surface area contributed by atoms with Gasteiger partial charge in [-0.25, -0.2) is 4.98 Å². The second-order valence-electron chi connectivity index (χ2n) is 7.93. The van der Waals surface area contributed by atoms with Crippen molar-refractivity contribution in [2.24, 2.45) is 0 Å². The summed E-state index contributed by atoms with van der Waals surface area (Å²) in [6.45, 7) is 2.05. The smallest absolute Gasteiger partial charge is 0.257 e. The van der Waals surface area contributed by atoms with E-state index in [1.807, 2.05) is 12.1 Å². The minimum Gasteiger partial charge on any atom is -0.506 e. The topological polar surface area (TPSA) is 111 Å². The Labute approximate surface area is 208 Å². The molecule has 0 fully saturated rings. The molecule has 35 heavy (non-hydrogen) atoms. The van der Waals surface area contributed by atoms with Crippen LogP contribution < -0.4 is 9.47 Å². The third kappa shape index (κ3) is 5.02. The van der Waals surface area contributed by atoms with Gasteiger partial charge in [0.05, 0.1) is 37.5 Å². The van der Waals surface area contributed by atoms with Gasteiger partial charge in [0.1, 0.15) is 22.8 Å². The van der Waals surface area contributed by atoms with Crippen LogP contribution in [-0.2, 0) is 12.8 Å². The van der Waals surface area contributed by atoms with E-state index < -0.39 is 5.88 Å². The van der Waals surface area contributed by atoms with Gasteiger partial charge in [-0.05, 0) is 42.7 Å². The van der Waals surface area contributed by atoms with E-state index in [2.05, 4.69) is 22.1 Å². The summed E-state index contributed by atoms with van der Waals surface area (Å²) in [6.07, 6.45) is 2.60. The Hall–Kier alpha value is -3.78. The zero-order valence-corrected chi connectivity index (χ0v) is 20.5. The molecular weight excluding hydrogens is 470 g/mol. The number of methoxy groups -OCH3 is 2. The Bertz CT molecular complexity index is 1300. The molecule has 0 saturated carbocycles. The lowest BCUT2D eigenvalue weighted by atomic mass is 9.95. The number of rotatable bonds is 9. The number of hydrogen-bond acceptors (Lipinski definition) is 8. The lowest BCUT2D eigenvalue weighted by Gasteiger charge is -2.18. The molecular formula is C26H26ClN3O5. The molecule has 4 rings (SSSR count). The van der Waals surface area contributed by atoms with Crippen molar-refractivity contribution in [1.82, 2.24) is 15.2 Å². The van der Waals surface area contributed by atoms with Crippen molar-refractivity contribution in [1.29, 1.82) is 0 Å². The number of aromatic nitrogens is 3. The van der Waals surface area contributed by atoms with Gasteiger partial charge in [-0.1, -0.05) is 43.1 Å². The number of benzene rings is 2. The Morgan fingerprint density at radius 1 is 0.914 bits per heavy atom. The van der Waals surface area contributed by atoms with Crippen LogP contribution in [-0.4, -0.2) is 39.6 Å². The molecule has 0 unspecified atom stereocenters. The van der Waals surface area contributed by atoms with E-state index in [-0.39, 0.29) is 17.2 Å². The van der Waals surface area contributed by atoms with Crippen LogP contribution in [0.2, 0.25) is 5.02 Å². The summed E-state index contributed by atoms with van der Waals surface area (Å²) in [6, 6.07) is 12.6. The minimum absolute atomic E-state index is 0.0476. The van der Waals surface area contributed by atoms with Gasteiger partial charge in [0.15, 0.2) is 0 Å². The maximum atomic E-state index is 11.5. The Balaban J connectivity index is 1.85. The lowest BCUT2D eigenvalue weighted by Crippen LogP contribution is -2.01. The number of hydrogen-bond donors (Lipinski definition) is 2. The highest BCUT2D eigenvalue weighted by Gasteiger charge is 2.28. The van der Waals surface area contributed by atoms with Crippen LogP contribution in [0.3, 0.4) is 0 Å². The highest BCUT2D eigenvalue weighted by Crippen LogP contribution is 2.49. The van der Waals surface area contributed by atoms with Gasteiger partial charge in [-0.3, -0.25) is 0 Å². The summed E-state index contributed by atoms with van der Waals surface area (Å²) in [5.41, 5.74) is 2.29. The normalized spacial score (nSPS) is 11.0.